The molecule has 0 amide bonds. The minimum absolute atomic E-state index is 0.254. The SMILES string of the molecule is CCOC(=O)COC(C)P(=O)(OCC)OCC. The van der Waals surface area contributed by atoms with Gasteiger partial charge in [0.2, 0.25) is 0 Å². The Labute approximate surface area is 102 Å². The lowest BCUT2D eigenvalue weighted by Crippen LogP contribution is -2.20. The van der Waals surface area contributed by atoms with Crippen LogP contribution in [0.4, 0.5) is 0 Å². The van der Waals surface area contributed by atoms with Crippen molar-refractivity contribution in [1.82, 2.24) is 0 Å². The maximum Gasteiger partial charge on any atom is 0.358 e. The Balaban J connectivity index is 4.28. The largest absolute Gasteiger partial charge is 0.464 e. The van der Waals surface area contributed by atoms with Crippen molar-refractivity contribution in [3.05, 3.63) is 0 Å². The topological polar surface area (TPSA) is 71.1 Å². The minimum atomic E-state index is -3.32. The van der Waals surface area contributed by atoms with E-state index in [0.717, 1.165) is 0 Å². The Morgan fingerprint density at radius 2 is 1.65 bits per heavy atom. The van der Waals surface area contributed by atoms with Crippen LogP contribution in [0.25, 0.3) is 0 Å². The number of carbonyl (C=O) groups excluding carboxylic acids is 1. The van der Waals surface area contributed by atoms with Crippen molar-refractivity contribution in [2.75, 3.05) is 26.4 Å². The van der Waals surface area contributed by atoms with E-state index in [1.165, 1.54) is 0 Å². The Morgan fingerprint density at radius 1 is 1.12 bits per heavy atom. The standard InChI is InChI=1S/C10H21O6P/c1-5-13-10(11)8-14-9(4)17(12,15-6-2)16-7-3/h9H,5-8H2,1-4H3. The third kappa shape index (κ3) is 6.17. The molecule has 0 rings (SSSR count). The number of ether oxygens (including phenoxy) is 2. The molecule has 0 saturated heterocycles. The second-order valence-corrected chi connectivity index (χ2v) is 5.41. The van der Waals surface area contributed by atoms with Gasteiger partial charge in [-0.3, -0.25) is 4.57 Å². The normalized spacial score (nSPS) is 13.4. The smallest absolute Gasteiger partial charge is 0.358 e. The Morgan fingerprint density at radius 3 is 2.06 bits per heavy atom. The highest BCUT2D eigenvalue weighted by molar-refractivity contribution is 7.54. The number of hydrogen-bond donors (Lipinski definition) is 0. The van der Waals surface area contributed by atoms with Gasteiger partial charge in [-0.15, -0.1) is 0 Å². The number of hydrogen-bond acceptors (Lipinski definition) is 6. The Hall–Kier alpha value is -0.420. The molecule has 0 bridgehead atoms. The van der Waals surface area contributed by atoms with E-state index in [0.29, 0.717) is 0 Å². The summed E-state index contributed by atoms with van der Waals surface area (Å²) in [5.41, 5.74) is 0. The summed E-state index contributed by atoms with van der Waals surface area (Å²) < 4.78 is 32.2. The van der Waals surface area contributed by atoms with Gasteiger partial charge >= 0.3 is 13.6 Å². The summed E-state index contributed by atoms with van der Waals surface area (Å²) in [5.74, 6) is -1.30. The van der Waals surface area contributed by atoms with Crippen molar-refractivity contribution in [2.24, 2.45) is 0 Å². The van der Waals surface area contributed by atoms with Crippen LogP contribution in [0.3, 0.4) is 0 Å². The molecule has 0 aliphatic carbocycles. The molecule has 0 aliphatic rings. The zero-order valence-electron chi connectivity index (χ0n) is 10.8. The van der Waals surface area contributed by atoms with Crippen LogP contribution < -0.4 is 0 Å². The van der Waals surface area contributed by atoms with E-state index in [4.69, 9.17) is 13.8 Å². The van der Waals surface area contributed by atoms with Crippen molar-refractivity contribution in [3.8, 4) is 0 Å². The lowest BCUT2D eigenvalue weighted by atomic mass is 10.7. The third-order valence-corrected chi connectivity index (χ3v) is 4.09. The van der Waals surface area contributed by atoms with Gasteiger partial charge < -0.3 is 18.5 Å². The van der Waals surface area contributed by atoms with Crippen LogP contribution in [-0.4, -0.2) is 38.2 Å². The molecule has 0 saturated carbocycles. The maximum absolute atomic E-state index is 12.2. The molecular formula is C10H21O6P. The molecule has 0 heterocycles. The molecule has 0 N–H and O–H groups in total. The molecule has 1 unspecified atom stereocenters. The van der Waals surface area contributed by atoms with Gasteiger partial charge in [-0.25, -0.2) is 4.79 Å². The Kier molecular flexibility index (Phi) is 8.43. The quantitative estimate of drug-likeness (QED) is 0.471. The third-order valence-electron chi connectivity index (χ3n) is 1.81. The first-order valence-electron chi connectivity index (χ1n) is 5.66. The van der Waals surface area contributed by atoms with Crippen molar-refractivity contribution in [2.45, 2.75) is 33.5 Å². The molecule has 0 fully saturated rings. The van der Waals surface area contributed by atoms with E-state index < -0.39 is 19.4 Å². The van der Waals surface area contributed by atoms with Crippen molar-refractivity contribution >= 4 is 13.6 Å². The Bertz CT molecular complexity index is 258. The first kappa shape index (κ1) is 16.6. The van der Waals surface area contributed by atoms with Crippen LogP contribution in [0.2, 0.25) is 0 Å². The van der Waals surface area contributed by atoms with E-state index in [-0.39, 0.29) is 26.4 Å². The molecule has 1 atom stereocenters. The van der Waals surface area contributed by atoms with Gasteiger partial charge in [0.25, 0.3) is 0 Å². The molecule has 0 aromatic carbocycles. The van der Waals surface area contributed by atoms with E-state index in [2.05, 4.69) is 4.74 Å². The van der Waals surface area contributed by atoms with Crippen molar-refractivity contribution in [3.63, 3.8) is 0 Å². The highest BCUT2D eigenvalue weighted by atomic mass is 31.2. The summed E-state index contributed by atoms with van der Waals surface area (Å²) in [6.07, 6.45) is 0. The first-order valence-corrected chi connectivity index (χ1v) is 7.27. The molecule has 6 nitrogen and oxygen atoms in total. The van der Waals surface area contributed by atoms with Crippen LogP contribution in [0.1, 0.15) is 27.7 Å². The monoisotopic (exact) mass is 268 g/mol. The molecule has 0 aromatic heterocycles. The van der Waals surface area contributed by atoms with Gasteiger partial charge in [-0.1, -0.05) is 0 Å². The second-order valence-electron chi connectivity index (χ2n) is 3.09. The second kappa shape index (κ2) is 8.64. The molecule has 17 heavy (non-hydrogen) atoms. The van der Waals surface area contributed by atoms with Gasteiger partial charge in [0, 0.05) is 0 Å². The predicted molar refractivity (Wildman–Crippen MR) is 62.9 cm³/mol. The van der Waals surface area contributed by atoms with Crippen LogP contribution in [0.15, 0.2) is 0 Å². The van der Waals surface area contributed by atoms with Gasteiger partial charge in [-0.05, 0) is 27.7 Å². The maximum atomic E-state index is 12.2. The van der Waals surface area contributed by atoms with Crippen LogP contribution >= 0.6 is 7.60 Å². The zero-order valence-corrected chi connectivity index (χ0v) is 11.7. The summed E-state index contributed by atoms with van der Waals surface area (Å²) in [6, 6.07) is 0. The van der Waals surface area contributed by atoms with Gasteiger partial charge in [-0.2, -0.15) is 0 Å². The fourth-order valence-corrected chi connectivity index (χ4v) is 2.56. The first-order chi connectivity index (χ1) is 8.00. The molecule has 102 valence electrons. The minimum Gasteiger partial charge on any atom is -0.464 e. The van der Waals surface area contributed by atoms with Crippen molar-refractivity contribution in [1.29, 1.82) is 0 Å². The number of carbonyl (C=O) groups is 1. The summed E-state index contributed by atoms with van der Waals surface area (Å²) in [6.45, 7) is 7.20. The highest BCUT2D eigenvalue weighted by Crippen LogP contribution is 2.53. The van der Waals surface area contributed by atoms with Crippen molar-refractivity contribution < 1.29 is 27.9 Å². The molecule has 7 heteroatoms. The van der Waals surface area contributed by atoms with Gasteiger partial charge in [0.15, 0.2) is 5.85 Å². The van der Waals surface area contributed by atoms with Crippen LogP contribution in [-0.2, 0) is 27.9 Å². The summed E-state index contributed by atoms with van der Waals surface area (Å²) in [5, 5.41) is 0. The average molecular weight is 268 g/mol. The highest BCUT2D eigenvalue weighted by Gasteiger charge is 2.33. The number of rotatable bonds is 9. The number of esters is 1. The molecule has 0 radical (unpaired) electrons. The average Bonchev–Trinajstić information content (AvgIpc) is 2.27. The van der Waals surface area contributed by atoms with Crippen LogP contribution in [0.5, 0.6) is 0 Å². The molecule has 0 aliphatic heterocycles. The van der Waals surface area contributed by atoms with E-state index in [1.54, 1.807) is 27.7 Å². The molecular weight excluding hydrogens is 247 g/mol. The fraction of sp³-hybridized carbons (Fsp3) is 0.900. The molecule has 0 aromatic rings. The van der Waals surface area contributed by atoms with E-state index in [1.807, 2.05) is 0 Å². The lowest BCUT2D eigenvalue weighted by Gasteiger charge is -2.22. The van der Waals surface area contributed by atoms with Gasteiger partial charge in [0.1, 0.15) is 6.61 Å². The summed E-state index contributed by atoms with van der Waals surface area (Å²) in [7, 11) is -3.32. The van der Waals surface area contributed by atoms with E-state index >= 15 is 0 Å². The lowest BCUT2D eigenvalue weighted by molar-refractivity contribution is -0.149. The fourth-order valence-electron chi connectivity index (χ4n) is 1.09. The predicted octanol–water partition coefficient (Wildman–Crippen LogP) is 2.18. The molecule has 0 spiro atoms. The van der Waals surface area contributed by atoms with E-state index in [9.17, 15) is 9.36 Å². The summed E-state index contributed by atoms with van der Waals surface area (Å²) in [4.78, 5) is 11.1. The van der Waals surface area contributed by atoms with Gasteiger partial charge in [0.05, 0.1) is 19.8 Å². The summed E-state index contributed by atoms with van der Waals surface area (Å²) >= 11 is 0. The zero-order chi connectivity index (χ0) is 13.3. The van der Waals surface area contributed by atoms with Crippen LogP contribution in [0, 0.1) is 0 Å².